The highest BCUT2D eigenvalue weighted by atomic mass is 32.2. The Balaban J connectivity index is 1.57. The van der Waals surface area contributed by atoms with Crippen LogP contribution in [-0.2, 0) is 11.2 Å². The van der Waals surface area contributed by atoms with Crippen LogP contribution in [0.5, 0.6) is 0 Å². The fourth-order valence-corrected chi connectivity index (χ4v) is 5.23. The predicted octanol–water partition coefficient (Wildman–Crippen LogP) is 5.50. The van der Waals surface area contributed by atoms with E-state index in [-0.39, 0.29) is 23.5 Å². The highest BCUT2D eigenvalue weighted by molar-refractivity contribution is 7.84. The first-order valence-electron chi connectivity index (χ1n) is 10.1. The molecule has 0 radical (unpaired) electrons. The maximum absolute atomic E-state index is 13.5. The van der Waals surface area contributed by atoms with Gasteiger partial charge in [-0.2, -0.15) is 0 Å². The summed E-state index contributed by atoms with van der Waals surface area (Å²) in [5, 5.41) is 0. The van der Waals surface area contributed by atoms with Gasteiger partial charge in [0.2, 0.25) is 0 Å². The van der Waals surface area contributed by atoms with Crippen molar-refractivity contribution in [2.24, 2.45) is 5.92 Å². The fraction of sp³-hybridized carbons (Fsp3) is 0.250. The average molecular weight is 427 g/mol. The van der Waals surface area contributed by atoms with Crippen LogP contribution in [0.3, 0.4) is 0 Å². The third kappa shape index (κ3) is 4.94. The summed E-state index contributed by atoms with van der Waals surface area (Å²) in [6, 6.07) is 22.5. The van der Waals surface area contributed by atoms with Gasteiger partial charge in [-0.15, -0.1) is 0 Å². The molecular weight excluding hydrogens is 402 g/mol. The molecule has 1 aliphatic heterocycles. The van der Waals surface area contributed by atoms with Crippen molar-refractivity contribution in [1.29, 1.82) is 0 Å². The van der Waals surface area contributed by atoms with Crippen molar-refractivity contribution < 1.29 is 13.0 Å². The first-order valence-corrected chi connectivity index (χ1v) is 11.2. The summed E-state index contributed by atoms with van der Waals surface area (Å²) in [6.07, 6.45) is 1.87. The lowest BCUT2D eigenvalue weighted by Crippen LogP contribution is -2.41. The van der Waals surface area contributed by atoms with E-state index in [4.69, 9.17) is 0 Å². The Kier molecular flexibility index (Phi) is 6.55. The topological polar surface area (TPSA) is 32.3 Å². The summed E-state index contributed by atoms with van der Waals surface area (Å²) in [4.78, 5) is 0. The number of piperidine rings is 1. The Bertz CT molecular complexity index is 935. The molecule has 6 heteroatoms. The van der Waals surface area contributed by atoms with Gasteiger partial charge in [-0.25, -0.2) is 17.3 Å². The van der Waals surface area contributed by atoms with Crippen molar-refractivity contribution in [1.82, 2.24) is 4.31 Å². The molecule has 0 bridgehead atoms. The van der Waals surface area contributed by atoms with Gasteiger partial charge >= 0.3 is 0 Å². The summed E-state index contributed by atoms with van der Waals surface area (Å²) in [5.41, 5.74) is 2.78. The molecule has 0 aliphatic carbocycles. The van der Waals surface area contributed by atoms with E-state index in [9.17, 15) is 13.0 Å². The number of nitrogens with zero attached hydrogens (tertiary/aromatic N) is 1. The van der Waals surface area contributed by atoms with Crippen molar-refractivity contribution in [2.75, 3.05) is 17.8 Å². The van der Waals surface area contributed by atoms with Crippen molar-refractivity contribution in [2.45, 2.75) is 18.8 Å². The summed E-state index contributed by atoms with van der Waals surface area (Å²) in [6.45, 7) is 1.37. The van der Waals surface area contributed by atoms with E-state index < -0.39 is 11.2 Å². The Hall–Kier alpha value is -2.57. The summed E-state index contributed by atoms with van der Waals surface area (Å²) in [5.74, 6) is -0.413. The molecule has 156 valence electrons. The summed E-state index contributed by atoms with van der Waals surface area (Å²) < 4.78 is 45.0. The van der Waals surface area contributed by atoms with Crippen LogP contribution in [0.25, 0.3) is 0 Å². The van der Waals surface area contributed by atoms with Gasteiger partial charge in [0.1, 0.15) is 11.6 Å². The molecule has 1 saturated heterocycles. The Morgan fingerprint density at radius 3 is 2.00 bits per heavy atom. The van der Waals surface area contributed by atoms with E-state index in [0.29, 0.717) is 6.54 Å². The Morgan fingerprint density at radius 2 is 1.43 bits per heavy atom. The summed E-state index contributed by atoms with van der Waals surface area (Å²) >= 11 is -1.35. The van der Waals surface area contributed by atoms with Gasteiger partial charge in [-0.1, -0.05) is 42.5 Å². The molecule has 1 fully saturated rings. The van der Waals surface area contributed by atoms with Crippen molar-refractivity contribution >= 4 is 16.9 Å². The molecule has 2 atom stereocenters. The quantitative estimate of drug-likeness (QED) is 0.555. The third-order valence-corrected chi connectivity index (χ3v) is 6.77. The van der Waals surface area contributed by atoms with Crippen LogP contribution < -0.4 is 4.72 Å². The van der Waals surface area contributed by atoms with Gasteiger partial charge in [0, 0.05) is 24.7 Å². The largest absolute Gasteiger partial charge is 0.292 e. The van der Waals surface area contributed by atoms with Crippen LogP contribution >= 0.6 is 0 Å². The maximum Gasteiger partial charge on any atom is 0.196 e. The maximum atomic E-state index is 13.5. The molecule has 30 heavy (non-hydrogen) atoms. The van der Waals surface area contributed by atoms with Crippen molar-refractivity contribution in [3.05, 3.63) is 102 Å². The fourth-order valence-electron chi connectivity index (χ4n) is 4.15. The monoisotopic (exact) mass is 426 g/mol. The second-order valence-corrected chi connectivity index (χ2v) is 8.81. The summed E-state index contributed by atoms with van der Waals surface area (Å²) in [7, 11) is 0. The third-order valence-electron chi connectivity index (χ3n) is 5.56. The van der Waals surface area contributed by atoms with Crippen molar-refractivity contribution in [3.8, 4) is 0 Å². The van der Waals surface area contributed by atoms with Gasteiger partial charge in [0.25, 0.3) is 0 Å². The van der Waals surface area contributed by atoms with Crippen LogP contribution in [0.4, 0.5) is 14.5 Å². The van der Waals surface area contributed by atoms with E-state index in [1.165, 1.54) is 24.3 Å². The van der Waals surface area contributed by atoms with Crippen LogP contribution in [0, 0.1) is 17.6 Å². The number of hydrogen-bond acceptors (Lipinski definition) is 1. The Labute approximate surface area is 178 Å². The lowest BCUT2D eigenvalue weighted by molar-refractivity contribution is 0.258. The highest BCUT2D eigenvalue weighted by Gasteiger charge is 2.31. The normalized spacial score (nSPS) is 18.3. The molecule has 1 aliphatic rings. The van der Waals surface area contributed by atoms with Crippen LogP contribution in [-0.4, -0.2) is 21.6 Å². The zero-order valence-corrected chi connectivity index (χ0v) is 17.3. The molecule has 2 unspecified atom stereocenters. The molecule has 4 rings (SSSR count). The zero-order valence-electron chi connectivity index (χ0n) is 16.5. The number of halogens is 2. The van der Waals surface area contributed by atoms with Gasteiger partial charge in [0.15, 0.2) is 11.2 Å². The molecule has 0 spiro atoms. The van der Waals surface area contributed by atoms with E-state index in [1.54, 1.807) is 24.3 Å². The first kappa shape index (κ1) is 20.7. The lowest BCUT2D eigenvalue weighted by Gasteiger charge is -2.36. The molecule has 3 aromatic rings. The number of rotatable bonds is 6. The SMILES string of the molecule is O=S(Nc1ccccc1)N1CCCC(C(c2ccc(F)cc2)c2ccc(F)cc2)C1. The molecule has 0 amide bonds. The first-order chi connectivity index (χ1) is 14.6. The number of hydrogen-bond donors (Lipinski definition) is 1. The second kappa shape index (κ2) is 9.49. The average Bonchev–Trinajstić information content (AvgIpc) is 2.77. The lowest BCUT2D eigenvalue weighted by atomic mass is 9.77. The molecule has 3 aromatic carbocycles. The van der Waals surface area contributed by atoms with Gasteiger partial charge in [0.05, 0.1) is 0 Å². The van der Waals surface area contributed by atoms with Crippen LogP contribution in [0.2, 0.25) is 0 Å². The molecular formula is C24H24F2N2OS. The molecule has 1 heterocycles. The van der Waals surface area contributed by atoms with Gasteiger partial charge in [-0.05, 0) is 66.3 Å². The number of anilines is 1. The molecule has 0 saturated carbocycles. The van der Waals surface area contributed by atoms with Crippen LogP contribution in [0.1, 0.15) is 29.9 Å². The van der Waals surface area contributed by atoms with E-state index in [1.807, 2.05) is 34.6 Å². The molecule has 3 nitrogen and oxygen atoms in total. The highest BCUT2D eigenvalue weighted by Crippen LogP contribution is 2.37. The van der Waals surface area contributed by atoms with Gasteiger partial charge in [-0.3, -0.25) is 4.72 Å². The van der Waals surface area contributed by atoms with Gasteiger partial charge < -0.3 is 0 Å². The number of benzene rings is 3. The van der Waals surface area contributed by atoms with E-state index in [0.717, 1.165) is 36.2 Å². The smallest absolute Gasteiger partial charge is 0.196 e. The Morgan fingerprint density at radius 1 is 0.867 bits per heavy atom. The van der Waals surface area contributed by atoms with Crippen LogP contribution in [0.15, 0.2) is 78.9 Å². The predicted molar refractivity (Wildman–Crippen MR) is 117 cm³/mol. The van der Waals surface area contributed by atoms with E-state index in [2.05, 4.69) is 4.72 Å². The standard InChI is InChI=1S/C24H24F2N2OS/c25-21-12-8-18(9-13-21)24(19-10-14-22(26)15-11-19)20-5-4-16-28(17-20)30(29)27-23-6-2-1-3-7-23/h1-3,6-15,20,24,27H,4-5,16-17H2. The molecule has 1 N–H and O–H groups in total. The molecule has 0 aromatic heterocycles. The minimum absolute atomic E-state index is 0.0253. The number of nitrogens with one attached hydrogen (secondary N) is 1. The zero-order chi connectivity index (χ0) is 20.9. The minimum Gasteiger partial charge on any atom is -0.292 e. The van der Waals surface area contributed by atoms with E-state index >= 15 is 0 Å². The number of para-hydroxylation sites is 1. The second-order valence-electron chi connectivity index (χ2n) is 7.59. The van der Waals surface area contributed by atoms with Crippen molar-refractivity contribution in [3.63, 3.8) is 0 Å². The minimum atomic E-state index is -1.35.